The van der Waals surface area contributed by atoms with Crippen LogP contribution in [0.5, 0.6) is 0 Å². The molecule has 0 bridgehead atoms. The largest absolute Gasteiger partial charge is 0.464 e. The maximum Gasteiger partial charge on any atom is 0.426 e. The molecule has 0 aliphatic rings. The number of carboxylic acid groups (broad SMARTS) is 1. The molecule has 0 fully saturated rings. The highest BCUT2D eigenvalue weighted by molar-refractivity contribution is 5.89. The van der Waals surface area contributed by atoms with Gasteiger partial charge in [0.25, 0.3) is 5.69 Å². The summed E-state index contributed by atoms with van der Waals surface area (Å²) in [5, 5.41) is 19.6. The molecule has 3 N–H and O–H groups in total. The summed E-state index contributed by atoms with van der Waals surface area (Å²) in [6, 6.07) is 4.21. The quantitative estimate of drug-likeness (QED) is 0.331. The number of rotatable bonds is 2. The van der Waals surface area contributed by atoms with E-state index in [4.69, 9.17) is 10.9 Å². The molecule has 0 saturated heterocycles. The summed E-state index contributed by atoms with van der Waals surface area (Å²) in [6.45, 7) is 1.55. The Morgan fingerprint density at radius 2 is 2.20 bits per heavy atom. The van der Waals surface area contributed by atoms with E-state index < -0.39 is 11.0 Å². The normalized spacial score (nSPS) is 9.73. The Morgan fingerprint density at radius 3 is 2.67 bits per heavy atom. The predicted octanol–water partition coefficient (Wildman–Crippen LogP) is 1.26. The number of carbonyl (C=O) groups is 1. The van der Waals surface area contributed by atoms with E-state index in [1.54, 1.807) is 13.0 Å². The Bertz CT molecular complexity index is 418. The van der Waals surface area contributed by atoms with Crippen LogP contribution in [-0.2, 0) is 0 Å². The smallest absolute Gasteiger partial charge is 0.426 e. The van der Waals surface area contributed by atoms with Crippen molar-refractivity contribution >= 4 is 17.5 Å². The van der Waals surface area contributed by atoms with Crippen LogP contribution in [0, 0.1) is 17.0 Å². The summed E-state index contributed by atoms with van der Waals surface area (Å²) in [7, 11) is 0. The molecule has 1 amide bonds. The second kappa shape index (κ2) is 3.93. The average molecular weight is 211 g/mol. The minimum absolute atomic E-state index is 0.116. The zero-order valence-corrected chi connectivity index (χ0v) is 7.88. The van der Waals surface area contributed by atoms with Crippen LogP contribution in [0.25, 0.3) is 0 Å². The van der Waals surface area contributed by atoms with Gasteiger partial charge in [0.2, 0.25) is 0 Å². The van der Waals surface area contributed by atoms with Crippen LogP contribution >= 0.6 is 0 Å². The molecule has 0 atom stereocenters. The van der Waals surface area contributed by atoms with Crippen molar-refractivity contribution in [3.63, 3.8) is 0 Å². The molecule has 1 rings (SSSR count). The molecule has 1 aromatic rings. The fraction of sp³-hybridized carbons (Fsp3) is 0.125. The molecule has 15 heavy (non-hydrogen) atoms. The van der Waals surface area contributed by atoms with Crippen LogP contribution in [0.4, 0.5) is 16.2 Å². The van der Waals surface area contributed by atoms with Crippen molar-refractivity contribution in [3.8, 4) is 0 Å². The lowest BCUT2D eigenvalue weighted by molar-refractivity contribution is -0.384. The highest BCUT2D eigenvalue weighted by atomic mass is 16.6. The highest BCUT2D eigenvalue weighted by Crippen LogP contribution is 2.29. The number of amides is 1. The van der Waals surface area contributed by atoms with E-state index in [-0.39, 0.29) is 11.4 Å². The van der Waals surface area contributed by atoms with E-state index >= 15 is 0 Å². The molecule has 0 spiro atoms. The lowest BCUT2D eigenvalue weighted by Crippen LogP contribution is -2.37. The van der Waals surface area contributed by atoms with Gasteiger partial charge < -0.3 is 5.11 Å². The van der Waals surface area contributed by atoms with Crippen LogP contribution < -0.4 is 10.9 Å². The summed E-state index contributed by atoms with van der Waals surface area (Å²) in [4.78, 5) is 20.6. The van der Waals surface area contributed by atoms with Crippen molar-refractivity contribution in [2.45, 2.75) is 6.92 Å². The van der Waals surface area contributed by atoms with Crippen molar-refractivity contribution in [3.05, 3.63) is 33.9 Å². The molecule has 0 unspecified atom stereocenters. The molecule has 0 aliphatic heterocycles. The number of nitro benzene ring substituents is 1. The van der Waals surface area contributed by atoms with Gasteiger partial charge in [-0.2, -0.15) is 0 Å². The lowest BCUT2D eigenvalue weighted by atomic mass is 10.1. The predicted molar refractivity (Wildman–Crippen MR) is 52.5 cm³/mol. The standard InChI is InChI=1S/C8H9N3O4/c1-5-3-2-4-6(11(14)15)7(5)10(9)8(12)13/h2-4H,9H2,1H3,(H,12,13). The summed E-state index contributed by atoms with van der Waals surface area (Å²) >= 11 is 0. The number of aryl methyl sites for hydroxylation is 1. The van der Waals surface area contributed by atoms with Crippen LogP contribution in [-0.4, -0.2) is 16.1 Å². The van der Waals surface area contributed by atoms with Gasteiger partial charge in [0.05, 0.1) is 4.92 Å². The molecule has 0 radical (unpaired) electrons. The Hall–Kier alpha value is -2.15. The SMILES string of the molecule is Cc1cccc([N+](=O)[O-])c1N(N)C(=O)O. The van der Waals surface area contributed by atoms with E-state index in [9.17, 15) is 14.9 Å². The Balaban J connectivity index is 3.37. The van der Waals surface area contributed by atoms with E-state index in [0.29, 0.717) is 10.6 Å². The fourth-order valence-corrected chi connectivity index (χ4v) is 1.20. The molecule has 7 nitrogen and oxygen atoms in total. The summed E-state index contributed by atoms with van der Waals surface area (Å²) in [6.07, 6.45) is -1.45. The van der Waals surface area contributed by atoms with Crippen LogP contribution in [0.2, 0.25) is 0 Å². The highest BCUT2D eigenvalue weighted by Gasteiger charge is 2.23. The van der Waals surface area contributed by atoms with E-state index in [0.717, 1.165) is 0 Å². The maximum absolute atomic E-state index is 10.6. The Morgan fingerprint density at radius 1 is 1.60 bits per heavy atom. The van der Waals surface area contributed by atoms with Gasteiger partial charge >= 0.3 is 6.09 Å². The van der Waals surface area contributed by atoms with Crippen molar-refractivity contribution < 1.29 is 14.8 Å². The minimum atomic E-state index is -1.45. The van der Waals surface area contributed by atoms with Crippen molar-refractivity contribution in [2.75, 3.05) is 5.01 Å². The molecule has 0 saturated carbocycles. The second-order valence-electron chi connectivity index (χ2n) is 2.85. The van der Waals surface area contributed by atoms with Crippen LogP contribution in [0.3, 0.4) is 0 Å². The molecular formula is C8H9N3O4. The van der Waals surface area contributed by atoms with Gasteiger partial charge in [-0.15, -0.1) is 0 Å². The third kappa shape index (κ3) is 2.02. The number of hydrazine groups is 1. The number of hydrogen-bond donors (Lipinski definition) is 2. The van der Waals surface area contributed by atoms with Crippen LogP contribution in [0.15, 0.2) is 18.2 Å². The summed E-state index contributed by atoms with van der Waals surface area (Å²) in [5.41, 5.74) is -0.0241. The zero-order valence-electron chi connectivity index (χ0n) is 7.88. The minimum Gasteiger partial charge on any atom is -0.464 e. The fourth-order valence-electron chi connectivity index (χ4n) is 1.20. The van der Waals surface area contributed by atoms with Gasteiger partial charge in [0.1, 0.15) is 5.69 Å². The first-order valence-electron chi connectivity index (χ1n) is 3.97. The van der Waals surface area contributed by atoms with Gasteiger partial charge in [0, 0.05) is 6.07 Å². The summed E-state index contributed by atoms with van der Waals surface area (Å²) < 4.78 is 0. The third-order valence-electron chi connectivity index (χ3n) is 1.86. The number of para-hydroxylation sites is 1. The molecule has 0 aromatic heterocycles. The van der Waals surface area contributed by atoms with Crippen LogP contribution in [0.1, 0.15) is 5.56 Å². The first-order valence-corrected chi connectivity index (χ1v) is 3.97. The third-order valence-corrected chi connectivity index (χ3v) is 1.86. The zero-order chi connectivity index (χ0) is 11.6. The first kappa shape index (κ1) is 10.9. The lowest BCUT2D eigenvalue weighted by Gasteiger charge is -2.14. The number of benzene rings is 1. The maximum atomic E-state index is 10.6. The number of nitro groups is 1. The molecule has 0 heterocycles. The number of nitrogens with zero attached hydrogens (tertiary/aromatic N) is 2. The van der Waals surface area contributed by atoms with E-state index in [2.05, 4.69) is 0 Å². The van der Waals surface area contributed by atoms with Gasteiger partial charge in [-0.3, -0.25) is 10.1 Å². The van der Waals surface area contributed by atoms with Crippen molar-refractivity contribution in [1.82, 2.24) is 0 Å². The molecule has 1 aromatic carbocycles. The monoisotopic (exact) mass is 211 g/mol. The Kier molecular flexibility index (Phi) is 2.86. The first-order chi connectivity index (χ1) is 6.95. The summed E-state index contributed by atoms with van der Waals surface area (Å²) in [5.74, 6) is 5.21. The van der Waals surface area contributed by atoms with Crippen molar-refractivity contribution in [2.24, 2.45) is 5.84 Å². The van der Waals surface area contributed by atoms with Gasteiger partial charge in [-0.05, 0) is 12.5 Å². The second-order valence-corrected chi connectivity index (χ2v) is 2.85. The van der Waals surface area contributed by atoms with Gasteiger partial charge in [0.15, 0.2) is 0 Å². The topological polar surface area (TPSA) is 110 Å². The molecule has 80 valence electrons. The van der Waals surface area contributed by atoms with Gasteiger partial charge in [-0.25, -0.2) is 15.6 Å². The van der Waals surface area contributed by atoms with Gasteiger partial charge in [-0.1, -0.05) is 12.1 Å². The average Bonchev–Trinajstić information content (AvgIpc) is 2.16. The van der Waals surface area contributed by atoms with Crippen molar-refractivity contribution in [1.29, 1.82) is 0 Å². The molecular weight excluding hydrogens is 202 g/mol. The molecule has 7 heteroatoms. The Labute approximate surface area is 84.8 Å². The number of anilines is 1. The van der Waals surface area contributed by atoms with E-state index in [1.807, 2.05) is 0 Å². The molecule has 0 aliphatic carbocycles. The number of hydrogen-bond acceptors (Lipinski definition) is 4. The van der Waals surface area contributed by atoms with E-state index in [1.165, 1.54) is 12.1 Å². The number of nitrogens with two attached hydrogens (primary N) is 1.